The van der Waals surface area contributed by atoms with Crippen LogP contribution >= 0.6 is 0 Å². The summed E-state index contributed by atoms with van der Waals surface area (Å²) >= 11 is 0. The standard InChI is InChI=1S/C24H28N2O7S/c1-17(18-8-9-21-22(15-18)32-13-12-31-21)25-23(27)16-33-24(28)19-6-5-7-20(14-19)34(29,30)26-10-3-2-4-11-26/h5-9,14-15,17H,2-4,10-13,16H2,1H3,(H,25,27). The average molecular weight is 489 g/mol. The van der Waals surface area contributed by atoms with Gasteiger partial charge in [-0.3, -0.25) is 4.79 Å². The third-order valence-corrected chi connectivity index (χ3v) is 7.70. The summed E-state index contributed by atoms with van der Waals surface area (Å²) in [4.78, 5) is 24.9. The topological polar surface area (TPSA) is 111 Å². The molecule has 2 aromatic rings. The molecule has 9 nitrogen and oxygen atoms in total. The van der Waals surface area contributed by atoms with Gasteiger partial charge in [-0.25, -0.2) is 13.2 Å². The number of piperidine rings is 1. The summed E-state index contributed by atoms with van der Waals surface area (Å²) < 4.78 is 43.4. The summed E-state index contributed by atoms with van der Waals surface area (Å²) in [5.74, 6) is 0.0355. The Kier molecular flexibility index (Phi) is 7.38. The van der Waals surface area contributed by atoms with E-state index in [4.69, 9.17) is 14.2 Å². The van der Waals surface area contributed by atoms with E-state index >= 15 is 0 Å². The number of benzene rings is 2. The number of nitrogens with one attached hydrogen (secondary N) is 1. The second-order valence-corrected chi connectivity index (χ2v) is 10.2. The van der Waals surface area contributed by atoms with Crippen LogP contribution in [0.25, 0.3) is 0 Å². The number of fused-ring (bicyclic) bond motifs is 1. The molecule has 2 aliphatic rings. The third kappa shape index (κ3) is 5.51. The van der Waals surface area contributed by atoms with Crippen LogP contribution in [0.15, 0.2) is 47.4 Å². The fourth-order valence-electron chi connectivity index (χ4n) is 3.95. The third-order valence-electron chi connectivity index (χ3n) is 5.80. The second kappa shape index (κ2) is 10.4. The first kappa shape index (κ1) is 24.0. The maximum atomic E-state index is 12.9. The molecule has 1 fully saturated rings. The number of sulfonamides is 1. The van der Waals surface area contributed by atoms with Crippen LogP contribution in [0.3, 0.4) is 0 Å². The van der Waals surface area contributed by atoms with Crippen LogP contribution in [0.4, 0.5) is 0 Å². The molecule has 0 radical (unpaired) electrons. The molecule has 34 heavy (non-hydrogen) atoms. The van der Waals surface area contributed by atoms with E-state index in [0.29, 0.717) is 37.8 Å². The summed E-state index contributed by atoms with van der Waals surface area (Å²) in [6, 6.07) is 10.8. The molecule has 2 aromatic carbocycles. The van der Waals surface area contributed by atoms with Crippen molar-refractivity contribution in [2.45, 2.75) is 37.1 Å². The highest BCUT2D eigenvalue weighted by Crippen LogP contribution is 2.32. The Morgan fingerprint density at radius 2 is 1.76 bits per heavy atom. The molecule has 4 rings (SSSR count). The van der Waals surface area contributed by atoms with Gasteiger partial charge in [-0.1, -0.05) is 18.6 Å². The summed E-state index contributed by atoms with van der Waals surface area (Å²) in [6.07, 6.45) is 2.65. The smallest absolute Gasteiger partial charge is 0.338 e. The number of esters is 1. The lowest BCUT2D eigenvalue weighted by Crippen LogP contribution is -2.35. The summed E-state index contributed by atoms with van der Waals surface area (Å²) in [6.45, 7) is 3.22. The zero-order valence-corrected chi connectivity index (χ0v) is 19.8. The van der Waals surface area contributed by atoms with E-state index in [2.05, 4.69) is 5.32 Å². The van der Waals surface area contributed by atoms with Gasteiger partial charge in [0.1, 0.15) is 13.2 Å². The molecule has 182 valence electrons. The highest BCUT2D eigenvalue weighted by atomic mass is 32.2. The molecule has 0 aliphatic carbocycles. The van der Waals surface area contributed by atoms with Gasteiger partial charge in [0, 0.05) is 13.1 Å². The molecule has 1 saturated heterocycles. The minimum absolute atomic E-state index is 0.0422. The van der Waals surface area contributed by atoms with Crippen LogP contribution in [-0.4, -0.2) is 57.5 Å². The first-order valence-corrected chi connectivity index (χ1v) is 12.7. The molecule has 0 spiro atoms. The van der Waals surface area contributed by atoms with Gasteiger partial charge >= 0.3 is 5.97 Å². The van der Waals surface area contributed by atoms with Crippen LogP contribution in [-0.2, 0) is 19.6 Å². The minimum Gasteiger partial charge on any atom is -0.486 e. The molecule has 1 unspecified atom stereocenters. The van der Waals surface area contributed by atoms with Crippen molar-refractivity contribution >= 4 is 21.9 Å². The second-order valence-electron chi connectivity index (χ2n) is 8.26. The Bertz CT molecular complexity index is 1160. The summed E-state index contributed by atoms with van der Waals surface area (Å²) in [5.41, 5.74) is 0.894. The normalized spacial score (nSPS) is 17.0. The highest BCUT2D eigenvalue weighted by molar-refractivity contribution is 7.89. The number of carbonyl (C=O) groups is 2. The molecule has 0 bridgehead atoms. The number of nitrogens with zero attached hydrogens (tertiary/aromatic N) is 1. The van der Waals surface area contributed by atoms with E-state index in [-0.39, 0.29) is 16.5 Å². The number of rotatable bonds is 7. The van der Waals surface area contributed by atoms with E-state index in [9.17, 15) is 18.0 Å². The zero-order chi connectivity index (χ0) is 24.1. The Hall–Kier alpha value is -3.11. The fourth-order valence-corrected chi connectivity index (χ4v) is 5.51. The lowest BCUT2D eigenvalue weighted by Gasteiger charge is -2.25. The average Bonchev–Trinajstić information content (AvgIpc) is 2.87. The number of hydrogen-bond donors (Lipinski definition) is 1. The van der Waals surface area contributed by atoms with Gasteiger partial charge in [0.2, 0.25) is 10.0 Å². The first-order valence-electron chi connectivity index (χ1n) is 11.3. The molecule has 1 N–H and O–H groups in total. The lowest BCUT2D eigenvalue weighted by atomic mass is 10.1. The van der Waals surface area contributed by atoms with E-state index in [1.165, 1.54) is 28.6 Å². The van der Waals surface area contributed by atoms with Crippen LogP contribution in [0.5, 0.6) is 11.5 Å². The SMILES string of the molecule is CC(NC(=O)COC(=O)c1cccc(S(=O)(=O)N2CCCCC2)c1)c1ccc2c(c1)OCCO2. The predicted octanol–water partition coefficient (Wildman–Crippen LogP) is 2.67. The molecule has 1 atom stereocenters. The van der Waals surface area contributed by atoms with Crippen LogP contribution < -0.4 is 14.8 Å². The van der Waals surface area contributed by atoms with Crippen molar-refractivity contribution < 1.29 is 32.2 Å². The fraction of sp³-hybridized carbons (Fsp3) is 0.417. The molecular weight excluding hydrogens is 460 g/mol. The minimum atomic E-state index is -3.68. The zero-order valence-electron chi connectivity index (χ0n) is 19.0. The number of ether oxygens (including phenoxy) is 3. The monoisotopic (exact) mass is 488 g/mol. The van der Waals surface area contributed by atoms with Crippen molar-refractivity contribution in [3.8, 4) is 11.5 Å². The highest BCUT2D eigenvalue weighted by Gasteiger charge is 2.27. The van der Waals surface area contributed by atoms with Gasteiger partial charge in [0.05, 0.1) is 16.5 Å². The number of amides is 1. The maximum Gasteiger partial charge on any atom is 0.338 e. The van der Waals surface area contributed by atoms with Crippen molar-refractivity contribution in [3.05, 3.63) is 53.6 Å². The Labute approximate surface area is 199 Å². The largest absolute Gasteiger partial charge is 0.486 e. The Balaban J connectivity index is 1.33. The summed E-state index contributed by atoms with van der Waals surface area (Å²) in [7, 11) is -3.68. The lowest BCUT2D eigenvalue weighted by molar-refractivity contribution is -0.124. The van der Waals surface area contributed by atoms with Crippen molar-refractivity contribution in [1.82, 2.24) is 9.62 Å². The van der Waals surface area contributed by atoms with E-state index < -0.39 is 28.5 Å². The van der Waals surface area contributed by atoms with Gasteiger partial charge in [-0.15, -0.1) is 0 Å². The van der Waals surface area contributed by atoms with Gasteiger partial charge in [0.15, 0.2) is 18.1 Å². The van der Waals surface area contributed by atoms with Crippen molar-refractivity contribution in [2.75, 3.05) is 32.9 Å². The van der Waals surface area contributed by atoms with Crippen LogP contribution in [0, 0.1) is 0 Å². The summed E-state index contributed by atoms with van der Waals surface area (Å²) in [5, 5.41) is 2.77. The molecule has 1 amide bonds. The Morgan fingerprint density at radius 3 is 2.53 bits per heavy atom. The van der Waals surface area contributed by atoms with Crippen molar-refractivity contribution in [3.63, 3.8) is 0 Å². The molecular formula is C24H28N2O7S. The van der Waals surface area contributed by atoms with Crippen molar-refractivity contribution in [1.29, 1.82) is 0 Å². The molecule has 10 heteroatoms. The maximum absolute atomic E-state index is 12.9. The van der Waals surface area contributed by atoms with Crippen LogP contribution in [0.2, 0.25) is 0 Å². The van der Waals surface area contributed by atoms with E-state index in [1.807, 2.05) is 6.07 Å². The number of carbonyl (C=O) groups excluding carboxylic acids is 2. The predicted molar refractivity (Wildman–Crippen MR) is 123 cm³/mol. The first-order chi connectivity index (χ1) is 16.3. The van der Waals surface area contributed by atoms with Crippen molar-refractivity contribution in [2.24, 2.45) is 0 Å². The van der Waals surface area contributed by atoms with E-state index in [0.717, 1.165) is 24.8 Å². The van der Waals surface area contributed by atoms with Gasteiger partial charge in [0.25, 0.3) is 5.91 Å². The molecule has 2 aliphatic heterocycles. The molecule has 0 aromatic heterocycles. The Morgan fingerprint density at radius 1 is 1.03 bits per heavy atom. The van der Waals surface area contributed by atoms with E-state index in [1.54, 1.807) is 19.1 Å². The van der Waals surface area contributed by atoms with Gasteiger partial charge in [-0.05, 0) is 55.7 Å². The van der Waals surface area contributed by atoms with Gasteiger partial charge in [-0.2, -0.15) is 4.31 Å². The number of hydrogen-bond acceptors (Lipinski definition) is 7. The molecule has 0 saturated carbocycles. The van der Waals surface area contributed by atoms with Crippen LogP contribution in [0.1, 0.15) is 48.1 Å². The molecule has 2 heterocycles. The van der Waals surface area contributed by atoms with Gasteiger partial charge < -0.3 is 19.5 Å². The quantitative estimate of drug-likeness (QED) is 0.597.